The van der Waals surface area contributed by atoms with Crippen LogP contribution in [0.2, 0.25) is 0 Å². The predicted octanol–water partition coefficient (Wildman–Crippen LogP) is 2.06. The van der Waals surface area contributed by atoms with Crippen molar-refractivity contribution in [3.05, 3.63) is 66.9 Å². The summed E-state index contributed by atoms with van der Waals surface area (Å²) in [6, 6.07) is 7.85. The molecule has 0 bridgehead atoms. The second-order valence-corrected chi connectivity index (χ2v) is 6.22. The van der Waals surface area contributed by atoms with E-state index in [2.05, 4.69) is 20.3 Å². The summed E-state index contributed by atoms with van der Waals surface area (Å²) in [7, 11) is -0.122. The zero-order valence-electron chi connectivity index (χ0n) is 12.7. The van der Waals surface area contributed by atoms with Crippen LogP contribution in [0.25, 0.3) is 5.82 Å². The molecule has 0 aliphatic rings. The summed E-state index contributed by atoms with van der Waals surface area (Å²) in [6.45, 7) is 0.425. The number of aromatic nitrogens is 4. The molecule has 1 unspecified atom stereocenters. The summed E-state index contributed by atoms with van der Waals surface area (Å²) in [5.41, 5.74) is -0.133. The molecule has 0 aliphatic heterocycles. The molecule has 0 saturated heterocycles. The van der Waals surface area contributed by atoms with Gasteiger partial charge in [0.05, 0.1) is 0 Å². The van der Waals surface area contributed by atoms with E-state index >= 15 is 0 Å². The summed E-state index contributed by atoms with van der Waals surface area (Å²) in [4.78, 5) is 24.5. The Hall–Kier alpha value is -2.66. The maximum atomic E-state index is 13.1. The van der Waals surface area contributed by atoms with Gasteiger partial charge in [0.25, 0.3) is 0 Å². The van der Waals surface area contributed by atoms with Crippen molar-refractivity contribution in [2.75, 3.05) is 6.54 Å². The number of carbonyl (C=O) groups is 1. The van der Waals surface area contributed by atoms with Gasteiger partial charge in [-0.1, -0.05) is 12.1 Å². The van der Waals surface area contributed by atoms with Crippen molar-refractivity contribution in [1.29, 1.82) is 0 Å². The van der Waals surface area contributed by atoms with Crippen LogP contribution in [-0.2, 0) is 6.42 Å². The van der Waals surface area contributed by atoms with E-state index in [0.29, 0.717) is 24.1 Å². The van der Waals surface area contributed by atoms with Gasteiger partial charge in [-0.3, -0.25) is 9.36 Å². The molecule has 0 aliphatic carbocycles. The fourth-order valence-corrected chi connectivity index (χ4v) is 2.94. The van der Waals surface area contributed by atoms with Crippen LogP contribution in [0.4, 0.5) is 9.18 Å². The summed E-state index contributed by atoms with van der Waals surface area (Å²) in [5.74, 6) is 1.03. The molecule has 0 fully saturated rings. The Labute approximate surface area is 140 Å². The molecular formula is C16H15FN5OP. The second kappa shape index (κ2) is 7.75. The number of halogens is 1. The third-order valence-corrected chi connectivity index (χ3v) is 4.18. The lowest BCUT2D eigenvalue weighted by Crippen LogP contribution is -2.23. The Bertz CT molecular complexity index is 825. The standard InChI is InChI=1S/C16H15FN5OP/c17-12-2-1-3-13(10-12)24-16(23)20-6-4-14-19-7-5-15(21-14)22-9-8-18-11-22/h1-3,5,7-11,24H,4,6H2,(H,20,23). The van der Waals surface area contributed by atoms with E-state index in [0.717, 1.165) is 5.82 Å². The van der Waals surface area contributed by atoms with Crippen LogP contribution in [0.15, 0.2) is 55.2 Å². The Morgan fingerprint density at radius 2 is 2.21 bits per heavy atom. The normalized spacial score (nSPS) is 11.0. The number of nitrogens with one attached hydrogen (secondary N) is 1. The van der Waals surface area contributed by atoms with E-state index < -0.39 is 0 Å². The lowest BCUT2D eigenvalue weighted by molar-refractivity contribution is 0.260. The van der Waals surface area contributed by atoms with Gasteiger partial charge in [-0.15, -0.1) is 0 Å². The average molecular weight is 343 g/mol. The van der Waals surface area contributed by atoms with Gasteiger partial charge in [-0.05, 0) is 23.5 Å². The van der Waals surface area contributed by atoms with Crippen molar-refractivity contribution in [3.63, 3.8) is 0 Å². The molecule has 0 spiro atoms. The van der Waals surface area contributed by atoms with E-state index in [-0.39, 0.29) is 20.0 Å². The maximum Gasteiger partial charge on any atom is 0.242 e. The third kappa shape index (κ3) is 4.43. The summed E-state index contributed by atoms with van der Waals surface area (Å²) < 4.78 is 14.9. The van der Waals surface area contributed by atoms with Crippen molar-refractivity contribution < 1.29 is 9.18 Å². The first-order chi connectivity index (χ1) is 11.7. The first kappa shape index (κ1) is 16.2. The van der Waals surface area contributed by atoms with Gasteiger partial charge in [0.15, 0.2) is 0 Å². The van der Waals surface area contributed by atoms with E-state index in [1.54, 1.807) is 47.7 Å². The Morgan fingerprint density at radius 3 is 3.00 bits per heavy atom. The highest BCUT2D eigenvalue weighted by Gasteiger charge is 2.05. The molecule has 0 saturated carbocycles. The van der Waals surface area contributed by atoms with Gasteiger partial charge >= 0.3 is 0 Å². The predicted molar refractivity (Wildman–Crippen MR) is 90.6 cm³/mol. The molecule has 2 aromatic heterocycles. The van der Waals surface area contributed by atoms with Gasteiger partial charge in [-0.2, -0.15) is 0 Å². The molecule has 1 aromatic carbocycles. The Morgan fingerprint density at radius 1 is 1.29 bits per heavy atom. The SMILES string of the molecule is O=C(NCCc1nccc(-n2ccnc2)n1)Pc1cccc(F)c1. The highest BCUT2D eigenvalue weighted by Crippen LogP contribution is 2.11. The third-order valence-electron chi connectivity index (χ3n) is 3.18. The number of hydrogen-bond acceptors (Lipinski definition) is 4. The zero-order valence-corrected chi connectivity index (χ0v) is 13.7. The second-order valence-electron chi connectivity index (χ2n) is 4.94. The summed E-state index contributed by atoms with van der Waals surface area (Å²) >= 11 is 0. The Balaban J connectivity index is 1.51. The van der Waals surface area contributed by atoms with E-state index in [1.165, 1.54) is 12.1 Å². The number of benzene rings is 1. The van der Waals surface area contributed by atoms with Crippen LogP contribution >= 0.6 is 8.58 Å². The smallest absolute Gasteiger partial charge is 0.242 e. The number of hydrogen-bond donors (Lipinski definition) is 1. The molecule has 8 heteroatoms. The molecule has 6 nitrogen and oxygen atoms in total. The minimum atomic E-state index is -0.336. The van der Waals surface area contributed by atoms with Gasteiger partial charge < -0.3 is 5.32 Å². The van der Waals surface area contributed by atoms with E-state index in [4.69, 9.17) is 0 Å². The number of carbonyl (C=O) groups excluding carboxylic acids is 1. The topological polar surface area (TPSA) is 72.7 Å². The van der Waals surface area contributed by atoms with Crippen LogP contribution in [0.3, 0.4) is 0 Å². The van der Waals surface area contributed by atoms with Crippen LogP contribution < -0.4 is 10.6 Å². The van der Waals surface area contributed by atoms with Crippen molar-refractivity contribution in [1.82, 2.24) is 24.8 Å². The largest absolute Gasteiger partial charge is 0.352 e. The fraction of sp³-hybridized carbons (Fsp3) is 0.125. The molecule has 3 rings (SSSR count). The van der Waals surface area contributed by atoms with E-state index in [1.807, 2.05) is 0 Å². The molecule has 24 heavy (non-hydrogen) atoms. The quantitative estimate of drug-likeness (QED) is 0.696. The molecule has 1 N–H and O–H groups in total. The average Bonchev–Trinajstić information content (AvgIpc) is 3.10. The number of amides is 1. The van der Waals surface area contributed by atoms with Crippen molar-refractivity contribution in [3.8, 4) is 5.82 Å². The molecule has 1 amide bonds. The van der Waals surface area contributed by atoms with Crippen molar-refractivity contribution in [2.24, 2.45) is 0 Å². The number of nitrogens with zero attached hydrogens (tertiary/aromatic N) is 4. The highest BCUT2D eigenvalue weighted by atomic mass is 31.1. The van der Waals surface area contributed by atoms with Gasteiger partial charge in [0.2, 0.25) is 5.65 Å². The first-order valence-corrected chi connectivity index (χ1v) is 8.31. The molecular weight excluding hydrogens is 328 g/mol. The molecule has 1 atom stereocenters. The zero-order chi connectivity index (χ0) is 16.8. The van der Waals surface area contributed by atoms with Gasteiger partial charge in [0.1, 0.15) is 23.8 Å². The maximum absolute atomic E-state index is 13.1. The van der Waals surface area contributed by atoms with Crippen molar-refractivity contribution in [2.45, 2.75) is 6.42 Å². The number of imidazole rings is 1. The highest BCUT2D eigenvalue weighted by molar-refractivity contribution is 7.65. The number of rotatable bonds is 6. The lowest BCUT2D eigenvalue weighted by atomic mass is 10.3. The van der Waals surface area contributed by atoms with Gasteiger partial charge in [-0.25, -0.2) is 19.3 Å². The molecule has 0 radical (unpaired) electrons. The van der Waals surface area contributed by atoms with Crippen LogP contribution in [0.1, 0.15) is 5.82 Å². The summed E-state index contributed by atoms with van der Waals surface area (Å²) in [6.07, 6.45) is 7.33. The minimum absolute atomic E-state index is 0.122. The van der Waals surface area contributed by atoms with Crippen LogP contribution in [-0.4, -0.2) is 31.7 Å². The molecule has 122 valence electrons. The van der Waals surface area contributed by atoms with Crippen LogP contribution in [0.5, 0.6) is 0 Å². The Kier molecular flexibility index (Phi) is 5.23. The van der Waals surface area contributed by atoms with Gasteiger partial charge in [0, 0.05) is 40.1 Å². The minimum Gasteiger partial charge on any atom is -0.352 e. The molecule has 2 heterocycles. The first-order valence-electron chi connectivity index (χ1n) is 7.31. The molecule has 3 aromatic rings. The van der Waals surface area contributed by atoms with Crippen LogP contribution in [0, 0.1) is 5.82 Å². The monoisotopic (exact) mass is 343 g/mol. The van der Waals surface area contributed by atoms with E-state index in [9.17, 15) is 9.18 Å². The van der Waals surface area contributed by atoms with Crippen molar-refractivity contribution >= 4 is 19.5 Å². The lowest BCUT2D eigenvalue weighted by Gasteiger charge is -2.06. The fourth-order valence-electron chi connectivity index (χ4n) is 2.08. The summed E-state index contributed by atoms with van der Waals surface area (Å²) in [5, 5.41) is 3.48.